The van der Waals surface area contributed by atoms with E-state index in [2.05, 4.69) is 37.2 Å². The maximum atomic E-state index is 9.30. The van der Waals surface area contributed by atoms with E-state index in [0.29, 0.717) is 12.1 Å². The third-order valence-electron chi connectivity index (χ3n) is 4.10. The fourth-order valence-corrected chi connectivity index (χ4v) is 2.62. The summed E-state index contributed by atoms with van der Waals surface area (Å²) in [5.74, 6) is 0. The van der Waals surface area contributed by atoms with E-state index < -0.39 is 0 Å². The summed E-state index contributed by atoms with van der Waals surface area (Å²) in [6.45, 7) is 7.63. The van der Waals surface area contributed by atoms with Crippen LogP contribution in [0.15, 0.2) is 0 Å². The van der Waals surface area contributed by atoms with Crippen molar-refractivity contribution in [2.75, 3.05) is 13.6 Å². The van der Waals surface area contributed by atoms with E-state index in [9.17, 15) is 5.26 Å². The second-order valence-corrected chi connectivity index (χ2v) is 5.92. The quantitative estimate of drug-likeness (QED) is 0.685. The number of nitrogens with zero attached hydrogens (tertiary/aromatic N) is 2. The molecule has 1 unspecified atom stereocenters. The van der Waals surface area contributed by atoms with Crippen molar-refractivity contribution in [3.8, 4) is 6.07 Å². The van der Waals surface area contributed by atoms with Gasteiger partial charge in [-0.05, 0) is 59.0 Å². The summed E-state index contributed by atoms with van der Waals surface area (Å²) in [5, 5.41) is 12.8. The van der Waals surface area contributed by atoms with Crippen LogP contribution in [0.3, 0.4) is 0 Å². The summed E-state index contributed by atoms with van der Waals surface area (Å²) in [6.07, 6.45) is 6.95. The minimum atomic E-state index is -0.323. The first-order valence-corrected chi connectivity index (χ1v) is 7.43. The van der Waals surface area contributed by atoms with Gasteiger partial charge in [0.1, 0.15) is 5.54 Å². The van der Waals surface area contributed by atoms with Gasteiger partial charge in [0, 0.05) is 12.1 Å². The van der Waals surface area contributed by atoms with Crippen molar-refractivity contribution in [3.05, 3.63) is 0 Å². The molecule has 3 nitrogen and oxygen atoms in total. The van der Waals surface area contributed by atoms with E-state index >= 15 is 0 Å². The van der Waals surface area contributed by atoms with Gasteiger partial charge in [-0.2, -0.15) is 5.26 Å². The minimum absolute atomic E-state index is 0.323. The summed E-state index contributed by atoms with van der Waals surface area (Å²) in [4.78, 5) is 2.44. The standard InChI is InChI=1S/C15H29N3/c1-5-14(6-2)18(4)11-7-10-15(3,12-16)17-13-8-9-13/h13-14,17H,5-11H2,1-4H3. The van der Waals surface area contributed by atoms with Gasteiger partial charge in [-0.3, -0.25) is 5.32 Å². The lowest BCUT2D eigenvalue weighted by molar-refractivity contribution is 0.219. The predicted molar refractivity (Wildman–Crippen MR) is 76.4 cm³/mol. The molecule has 0 amide bonds. The predicted octanol–water partition coefficient (Wildman–Crippen LogP) is 2.92. The largest absolute Gasteiger partial charge is 0.303 e. The van der Waals surface area contributed by atoms with Crippen LogP contribution in [0.4, 0.5) is 0 Å². The normalized spacial score (nSPS) is 18.9. The molecule has 0 aromatic carbocycles. The van der Waals surface area contributed by atoms with Gasteiger partial charge in [-0.25, -0.2) is 0 Å². The lowest BCUT2D eigenvalue weighted by Crippen LogP contribution is -2.43. The van der Waals surface area contributed by atoms with Crippen LogP contribution in [0.2, 0.25) is 0 Å². The van der Waals surface area contributed by atoms with Gasteiger partial charge in [0.05, 0.1) is 6.07 Å². The molecule has 104 valence electrons. The van der Waals surface area contributed by atoms with Gasteiger partial charge in [0.15, 0.2) is 0 Å². The highest BCUT2D eigenvalue weighted by molar-refractivity contribution is 5.07. The van der Waals surface area contributed by atoms with Crippen molar-refractivity contribution < 1.29 is 0 Å². The fraction of sp³-hybridized carbons (Fsp3) is 0.933. The average Bonchev–Trinajstić information content (AvgIpc) is 3.14. The van der Waals surface area contributed by atoms with Gasteiger partial charge in [0.25, 0.3) is 0 Å². The second kappa shape index (κ2) is 7.11. The first kappa shape index (κ1) is 15.5. The molecule has 1 aliphatic rings. The molecule has 1 rings (SSSR count). The number of rotatable bonds is 9. The molecule has 1 fully saturated rings. The molecule has 0 heterocycles. The summed E-state index contributed by atoms with van der Waals surface area (Å²) in [6, 6.07) is 3.74. The summed E-state index contributed by atoms with van der Waals surface area (Å²) < 4.78 is 0. The van der Waals surface area contributed by atoms with Crippen molar-refractivity contribution in [1.82, 2.24) is 10.2 Å². The maximum absolute atomic E-state index is 9.30. The van der Waals surface area contributed by atoms with Crippen LogP contribution >= 0.6 is 0 Å². The smallest absolute Gasteiger partial charge is 0.104 e. The van der Waals surface area contributed by atoms with E-state index in [0.717, 1.165) is 19.4 Å². The van der Waals surface area contributed by atoms with E-state index in [1.54, 1.807) is 0 Å². The van der Waals surface area contributed by atoms with E-state index in [1.807, 2.05) is 6.92 Å². The van der Waals surface area contributed by atoms with Gasteiger partial charge in [-0.15, -0.1) is 0 Å². The van der Waals surface area contributed by atoms with Gasteiger partial charge >= 0.3 is 0 Å². The molecular formula is C15H29N3. The lowest BCUT2D eigenvalue weighted by Gasteiger charge is -2.28. The first-order valence-electron chi connectivity index (χ1n) is 7.43. The van der Waals surface area contributed by atoms with Crippen LogP contribution in [0.5, 0.6) is 0 Å². The Kier molecular flexibility index (Phi) is 6.11. The highest BCUT2D eigenvalue weighted by Crippen LogP contribution is 2.24. The Balaban J connectivity index is 2.28. The van der Waals surface area contributed by atoms with Crippen molar-refractivity contribution >= 4 is 0 Å². The fourth-order valence-electron chi connectivity index (χ4n) is 2.62. The Morgan fingerprint density at radius 2 is 2.00 bits per heavy atom. The van der Waals surface area contributed by atoms with Crippen molar-refractivity contribution in [2.45, 2.75) is 76.9 Å². The lowest BCUT2D eigenvalue weighted by atomic mass is 9.97. The Morgan fingerprint density at radius 1 is 1.39 bits per heavy atom. The van der Waals surface area contributed by atoms with Crippen LogP contribution < -0.4 is 5.32 Å². The van der Waals surface area contributed by atoms with E-state index in [-0.39, 0.29) is 5.54 Å². The van der Waals surface area contributed by atoms with Gasteiger partial charge < -0.3 is 4.90 Å². The molecule has 1 aliphatic carbocycles. The topological polar surface area (TPSA) is 39.1 Å². The van der Waals surface area contributed by atoms with Crippen LogP contribution in [-0.4, -0.2) is 36.1 Å². The van der Waals surface area contributed by atoms with Crippen molar-refractivity contribution in [2.24, 2.45) is 0 Å². The van der Waals surface area contributed by atoms with Crippen LogP contribution in [0, 0.1) is 11.3 Å². The van der Waals surface area contributed by atoms with Crippen LogP contribution in [0.1, 0.15) is 59.3 Å². The Labute approximate surface area is 113 Å². The summed E-state index contributed by atoms with van der Waals surface area (Å²) in [7, 11) is 2.20. The average molecular weight is 251 g/mol. The highest BCUT2D eigenvalue weighted by atomic mass is 15.1. The maximum Gasteiger partial charge on any atom is 0.104 e. The molecule has 0 bridgehead atoms. The molecule has 3 heteroatoms. The number of hydrogen-bond donors (Lipinski definition) is 1. The highest BCUT2D eigenvalue weighted by Gasteiger charge is 2.32. The molecular weight excluding hydrogens is 222 g/mol. The molecule has 18 heavy (non-hydrogen) atoms. The van der Waals surface area contributed by atoms with Gasteiger partial charge in [0.2, 0.25) is 0 Å². The molecule has 0 radical (unpaired) electrons. The molecule has 0 aliphatic heterocycles. The van der Waals surface area contributed by atoms with E-state index in [4.69, 9.17) is 0 Å². The number of hydrogen-bond acceptors (Lipinski definition) is 3. The SMILES string of the molecule is CCC(CC)N(C)CCCC(C)(C#N)NC1CC1. The van der Waals surface area contributed by atoms with E-state index in [1.165, 1.54) is 25.7 Å². The van der Waals surface area contributed by atoms with Crippen molar-refractivity contribution in [1.29, 1.82) is 5.26 Å². The zero-order valence-electron chi connectivity index (χ0n) is 12.5. The zero-order chi connectivity index (χ0) is 13.6. The third kappa shape index (κ3) is 4.96. The Bertz CT molecular complexity index is 276. The zero-order valence-corrected chi connectivity index (χ0v) is 12.5. The van der Waals surface area contributed by atoms with Gasteiger partial charge in [-0.1, -0.05) is 13.8 Å². The second-order valence-electron chi connectivity index (χ2n) is 5.92. The molecule has 1 atom stereocenters. The third-order valence-corrected chi connectivity index (χ3v) is 4.10. The molecule has 1 saturated carbocycles. The molecule has 0 aromatic rings. The van der Waals surface area contributed by atoms with Crippen molar-refractivity contribution in [3.63, 3.8) is 0 Å². The number of nitriles is 1. The Hall–Kier alpha value is -0.590. The number of nitrogens with one attached hydrogen (secondary N) is 1. The van der Waals surface area contributed by atoms with Crippen LogP contribution in [0.25, 0.3) is 0 Å². The summed E-state index contributed by atoms with van der Waals surface area (Å²) in [5.41, 5.74) is -0.323. The molecule has 0 saturated heterocycles. The molecule has 1 N–H and O–H groups in total. The summed E-state index contributed by atoms with van der Waals surface area (Å²) >= 11 is 0. The monoisotopic (exact) mass is 251 g/mol. The Morgan fingerprint density at radius 3 is 2.44 bits per heavy atom. The first-order chi connectivity index (χ1) is 8.54. The van der Waals surface area contributed by atoms with Crippen LogP contribution in [-0.2, 0) is 0 Å². The molecule has 0 spiro atoms. The molecule has 0 aromatic heterocycles. The minimum Gasteiger partial charge on any atom is -0.303 e.